The first-order valence-electron chi connectivity index (χ1n) is 12.3. The number of carbonyl (C=O) groups is 1. The quantitative estimate of drug-likeness (QED) is 0.441. The second-order valence-electron chi connectivity index (χ2n) is 8.99. The fourth-order valence-corrected chi connectivity index (χ4v) is 6.92. The summed E-state index contributed by atoms with van der Waals surface area (Å²) in [5.41, 5.74) is 1.17. The Labute approximate surface area is 224 Å². The number of hydrogen-bond acceptors (Lipinski definition) is 6. The number of nitrogens with zero attached hydrogens (tertiary/aromatic N) is 2. The van der Waals surface area contributed by atoms with Gasteiger partial charge in [0, 0.05) is 31.4 Å². The summed E-state index contributed by atoms with van der Waals surface area (Å²) in [6.07, 6.45) is 3.78. The summed E-state index contributed by atoms with van der Waals surface area (Å²) in [6.45, 7) is 1.04. The summed E-state index contributed by atoms with van der Waals surface area (Å²) >= 11 is 0. The highest BCUT2D eigenvalue weighted by molar-refractivity contribution is 7.92. The van der Waals surface area contributed by atoms with Gasteiger partial charge in [0.25, 0.3) is 15.9 Å². The molecule has 0 unspecified atom stereocenters. The van der Waals surface area contributed by atoms with Gasteiger partial charge >= 0.3 is 0 Å². The van der Waals surface area contributed by atoms with Crippen LogP contribution in [0.5, 0.6) is 5.75 Å². The Kier molecular flexibility index (Phi) is 8.39. The third-order valence-electron chi connectivity index (χ3n) is 6.53. The van der Waals surface area contributed by atoms with Gasteiger partial charge in [0.1, 0.15) is 5.75 Å². The third kappa shape index (κ3) is 6.01. The van der Waals surface area contributed by atoms with Crippen molar-refractivity contribution in [3.05, 3.63) is 78.4 Å². The number of amides is 1. The van der Waals surface area contributed by atoms with Crippen molar-refractivity contribution >= 4 is 37.3 Å². The number of anilines is 2. The zero-order valence-electron chi connectivity index (χ0n) is 21.3. The average Bonchev–Trinajstić information content (AvgIpc) is 3.23. The van der Waals surface area contributed by atoms with E-state index in [0.717, 1.165) is 30.0 Å². The van der Waals surface area contributed by atoms with E-state index in [-0.39, 0.29) is 9.79 Å². The van der Waals surface area contributed by atoms with Crippen molar-refractivity contribution in [2.24, 2.45) is 0 Å². The number of sulfonamides is 2. The molecule has 11 heteroatoms. The SMILES string of the molecule is COc1ccc(S(=O)(=O)N(C)c2ccc(C(=O)Nc3ccc(S(=O)(=O)N4CCCCCC4)cc3)cc2)cc1. The van der Waals surface area contributed by atoms with E-state index in [1.54, 1.807) is 36.4 Å². The van der Waals surface area contributed by atoms with Gasteiger partial charge in [-0.15, -0.1) is 0 Å². The topological polar surface area (TPSA) is 113 Å². The van der Waals surface area contributed by atoms with Crippen molar-refractivity contribution in [3.63, 3.8) is 0 Å². The Morgan fingerprint density at radius 1 is 0.789 bits per heavy atom. The summed E-state index contributed by atoms with van der Waals surface area (Å²) in [7, 11) is -4.43. The van der Waals surface area contributed by atoms with Crippen molar-refractivity contribution in [3.8, 4) is 5.75 Å². The van der Waals surface area contributed by atoms with E-state index in [2.05, 4.69) is 5.32 Å². The molecule has 1 heterocycles. The molecule has 0 spiro atoms. The highest BCUT2D eigenvalue weighted by Gasteiger charge is 2.25. The molecule has 1 saturated heterocycles. The highest BCUT2D eigenvalue weighted by atomic mass is 32.2. The molecule has 0 bridgehead atoms. The molecule has 4 rings (SSSR count). The molecule has 1 amide bonds. The maximum Gasteiger partial charge on any atom is 0.264 e. The van der Waals surface area contributed by atoms with Crippen molar-refractivity contribution in [1.29, 1.82) is 0 Å². The van der Waals surface area contributed by atoms with E-state index in [0.29, 0.717) is 35.8 Å². The number of benzene rings is 3. The van der Waals surface area contributed by atoms with Crippen molar-refractivity contribution in [2.75, 3.05) is 36.9 Å². The molecule has 1 aliphatic rings. The maximum absolute atomic E-state index is 13.0. The molecule has 0 saturated carbocycles. The Morgan fingerprint density at radius 3 is 1.89 bits per heavy atom. The summed E-state index contributed by atoms with van der Waals surface area (Å²) in [5, 5.41) is 2.75. The fraction of sp³-hybridized carbons (Fsp3) is 0.296. The first-order chi connectivity index (χ1) is 18.1. The molecular weight excluding hydrogens is 526 g/mol. The van der Waals surface area contributed by atoms with Crippen LogP contribution in [0.15, 0.2) is 82.6 Å². The molecule has 1 fully saturated rings. The zero-order chi connectivity index (χ0) is 27.3. The molecular formula is C27H31N3O6S2. The Bertz CT molecular complexity index is 1460. The first kappa shape index (κ1) is 27.6. The maximum atomic E-state index is 13.0. The van der Waals surface area contributed by atoms with Crippen LogP contribution in [-0.2, 0) is 20.0 Å². The lowest BCUT2D eigenvalue weighted by Crippen LogP contribution is -2.31. The molecule has 1 aliphatic heterocycles. The van der Waals surface area contributed by atoms with E-state index < -0.39 is 26.0 Å². The largest absolute Gasteiger partial charge is 0.497 e. The Morgan fingerprint density at radius 2 is 1.34 bits per heavy atom. The van der Waals surface area contributed by atoms with Crippen LogP contribution in [0.4, 0.5) is 11.4 Å². The summed E-state index contributed by atoms with van der Waals surface area (Å²) in [4.78, 5) is 13.1. The monoisotopic (exact) mass is 557 g/mol. The summed E-state index contributed by atoms with van der Waals surface area (Å²) < 4.78 is 59.6. The molecule has 38 heavy (non-hydrogen) atoms. The summed E-state index contributed by atoms with van der Waals surface area (Å²) in [5.74, 6) is 0.149. The number of carbonyl (C=O) groups excluding carboxylic acids is 1. The van der Waals surface area contributed by atoms with Gasteiger partial charge in [0.2, 0.25) is 10.0 Å². The third-order valence-corrected chi connectivity index (χ3v) is 10.2. The van der Waals surface area contributed by atoms with Crippen LogP contribution < -0.4 is 14.4 Å². The van der Waals surface area contributed by atoms with Crippen LogP contribution in [0.2, 0.25) is 0 Å². The zero-order valence-corrected chi connectivity index (χ0v) is 23.0. The van der Waals surface area contributed by atoms with E-state index in [4.69, 9.17) is 4.74 Å². The van der Waals surface area contributed by atoms with Gasteiger partial charge in [0.05, 0.1) is 22.6 Å². The molecule has 0 atom stereocenters. The predicted octanol–water partition coefficient (Wildman–Crippen LogP) is 4.34. The molecule has 202 valence electrons. The van der Waals surface area contributed by atoms with Crippen LogP contribution in [0.3, 0.4) is 0 Å². The van der Waals surface area contributed by atoms with E-state index >= 15 is 0 Å². The first-order valence-corrected chi connectivity index (χ1v) is 15.2. The number of ether oxygens (including phenoxy) is 1. The van der Waals surface area contributed by atoms with Gasteiger partial charge in [-0.2, -0.15) is 4.31 Å². The number of hydrogen-bond donors (Lipinski definition) is 1. The second kappa shape index (κ2) is 11.5. The minimum absolute atomic E-state index is 0.115. The lowest BCUT2D eigenvalue weighted by Gasteiger charge is -2.20. The normalized spacial score (nSPS) is 14.9. The minimum Gasteiger partial charge on any atom is -0.497 e. The average molecular weight is 558 g/mol. The van der Waals surface area contributed by atoms with Crippen molar-refractivity contribution < 1.29 is 26.4 Å². The number of methoxy groups -OCH3 is 1. The van der Waals surface area contributed by atoms with E-state index in [1.165, 1.54) is 54.9 Å². The van der Waals surface area contributed by atoms with Gasteiger partial charge in [-0.1, -0.05) is 12.8 Å². The molecule has 0 aliphatic carbocycles. The Balaban J connectivity index is 1.42. The van der Waals surface area contributed by atoms with Crippen LogP contribution in [0.1, 0.15) is 36.0 Å². The molecule has 0 aromatic heterocycles. The number of rotatable bonds is 8. The van der Waals surface area contributed by atoms with Crippen LogP contribution in [-0.4, -0.2) is 54.3 Å². The van der Waals surface area contributed by atoms with Gasteiger partial charge < -0.3 is 10.1 Å². The van der Waals surface area contributed by atoms with E-state index in [1.807, 2.05) is 0 Å². The summed E-state index contributed by atoms with van der Waals surface area (Å²) in [6, 6.07) is 18.4. The van der Waals surface area contributed by atoms with Crippen LogP contribution >= 0.6 is 0 Å². The van der Waals surface area contributed by atoms with Crippen molar-refractivity contribution in [1.82, 2.24) is 4.31 Å². The van der Waals surface area contributed by atoms with Crippen LogP contribution in [0.25, 0.3) is 0 Å². The molecule has 9 nitrogen and oxygen atoms in total. The molecule has 3 aromatic rings. The number of nitrogens with one attached hydrogen (secondary N) is 1. The second-order valence-corrected chi connectivity index (χ2v) is 12.9. The van der Waals surface area contributed by atoms with Gasteiger partial charge in [-0.3, -0.25) is 9.10 Å². The minimum atomic E-state index is -3.80. The molecule has 1 N–H and O–H groups in total. The Hall–Kier alpha value is -3.41. The van der Waals surface area contributed by atoms with Gasteiger partial charge in [0.15, 0.2) is 0 Å². The predicted molar refractivity (Wildman–Crippen MR) is 147 cm³/mol. The molecule has 3 aromatic carbocycles. The van der Waals surface area contributed by atoms with Gasteiger partial charge in [-0.05, 0) is 85.6 Å². The standard InChI is InChI=1S/C27H31N3O6S2/c1-29(37(32,33)25-17-13-24(36-2)14-18-25)23-11-7-21(8-12-23)27(31)28-22-9-15-26(16-10-22)38(34,35)30-19-5-3-4-6-20-30/h7-18H,3-6,19-20H2,1-2H3,(H,28,31). The van der Waals surface area contributed by atoms with Crippen molar-refractivity contribution in [2.45, 2.75) is 35.5 Å². The van der Waals surface area contributed by atoms with E-state index in [9.17, 15) is 21.6 Å². The van der Waals surface area contributed by atoms with Gasteiger partial charge in [-0.25, -0.2) is 16.8 Å². The van der Waals surface area contributed by atoms with Crippen LogP contribution in [0, 0.1) is 0 Å². The molecule has 0 radical (unpaired) electrons. The smallest absolute Gasteiger partial charge is 0.264 e. The fourth-order valence-electron chi connectivity index (χ4n) is 4.21. The highest BCUT2D eigenvalue weighted by Crippen LogP contribution is 2.25. The lowest BCUT2D eigenvalue weighted by atomic mass is 10.2. The lowest BCUT2D eigenvalue weighted by molar-refractivity contribution is 0.102.